The van der Waals surface area contributed by atoms with Gasteiger partial charge in [-0.15, -0.1) is 0 Å². The summed E-state index contributed by atoms with van der Waals surface area (Å²) in [6, 6.07) is 3.71. The molecule has 2 rings (SSSR count). The fourth-order valence-corrected chi connectivity index (χ4v) is 1.77. The van der Waals surface area contributed by atoms with Crippen molar-refractivity contribution < 1.29 is 24.5 Å². The summed E-state index contributed by atoms with van der Waals surface area (Å²) in [5.74, 6) is 0.198. The maximum atomic E-state index is 10.5. The van der Waals surface area contributed by atoms with E-state index < -0.39 is 12.1 Å². The monoisotopic (exact) mass is 238 g/mol. The third kappa shape index (κ3) is 2.50. The van der Waals surface area contributed by atoms with E-state index in [1.54, 1.807) is 0 Å². The van der Waals surface area contributed by atoms with Crippen LogP contribution in [0.25, 0.3) is 0 Å². The second kappa shape index (κ2) is 4.63. The molecular formula is C12H14O5. The summed E-state index contributed by atoms with van der Waals surface area (Å²) < 4.78 is 10.5. The number of rotatable bonds is 4. The molecule has 1 unspecified atom stereocenters. The number of aliphatic hydroxyl groups excluding tert-OH is 1. The molecule has 92 valence electrons. The van der Waals surface area contributed by atoms with Crippen molar-refractivity contribution in [2.24, 2.45) is 0 Å². The molecule has 5 nitrogen and oxygen atoms in total. The highest BCUT2D eigenvalue weighted by Crippen LogP contribution is 2.34. The zero-order chi connectivity index (χ0) is 12.4. The Morgan fingerprint density at radius 1 is 1.41 bits per heavy atom. The summed E-state index contributed by atoms with van der Waals surface area (Å²) in [5.41, 5.74) is 1.97. The zero-order valence-corrected chi connectivity index (χ0v) is 9.47. The number of hydrogen-bond acceptors (Lipinski definition) is 4. The van der Waals surface area contributed by atoms with Gasteiger partial charge in [-0.3, -0.25) is 0 Å². The summed E-state index contributed by atoms with van der Waals surface area (Å²) in [7, 11) is 0. The second-order valence-electron chi connectivity index (χ2n) is 4.02. The van der Waals surface area contributed by atoms with Crippen molar-refractivity contribution in [1.82, 2.24) is 0 Å². The van der Waals surface area contributed by atoms with Gasteiger partial charge < -0.3 is 19.7 Å². The lowest BCUT2D eigenvalue weighted by Gasteiger charge is -2.09. The Kier molecular flexibility index (Phi) is 3.19. The fourth-order valence-electron chi connectivity index (χ4n) is 1.77. The molecule has 5 heteroatoms. The van der Waals surface area contributed by atoms with E-state index >= 15 is 0 Å². The highest BCUT2D eigenvalue weighted by Gasteiger charge is 2.17. The molecule has 1 aromatic rings. The Balaban J connectivity index is 2.09. The van der Waals surface area contributed by atoms with Gasteiger partial charge in [-0.1, -0.05) is 0 Å². The number of carboxylic acid groups (broad SMARTS) is 1. The van der Waals surface area contributed by atoms with Crippen LogP contribution < -0.4 is 9.47 Å². The Bertz CT molecular complexity index is 441. The molecule has 1 heterocycles. The van der Waals surface area contributed by atoms with E-state index in [0.717, 1.165) is 11.1 Å². The molecule has 0 amide bonds. The number of carboxylic acids is 1. The SMILES string of the molecule is Cc1cc2c(cc1CCC(O)C(=O)O)OCO2. The second-order valence-corrected chi connectivity index (χ2v) is 4.02. The summed E-state index contributed by atoms with van der Waals surface area (Å²) in [6.07, 6.45) is -0.633. The van der Waals surface area contributed by atoms with E-state index in [0.29, 0.717) is 17.9 Å². The van der Waals surface area contributed by atoms with Crippen LogP contribution in [0.5, 0.6) is 11.5 Å². The lowest BCUT2D eigenvalue weighted by atomic mass is 10.0. The molecule has 17 heavy (non-hydrogen) atoms. The molecule has 0 aliphatic carbocycles. The average Bonchev–Trinajstić information content (AvgIpc) is 2.72. The molecule has 1 aromatic carbocycles. The summed E-state index contributed by atoms with van der Waals surface area (Å²) in [4.78, 5) is 10.5. The van der Waals surface area contributed by atoms with Crippen LogP contribution in [0.2, 0.25) is 0 Å². The topological polar surface area (TPSA) is 76.0 Å². The van der Waals surface area contributed by atoms with Gasteiger partial charge >= 0.3 is 5.97 Å². The van der Waals surface area contributed by atoms with E-state index in [9.17, 15) is 9.90 Å². The highest BCUT2D eigenvalue weighted by molar-refractivity contribution is 5.71. The number of ether oxygens (including phenoxy) is 2. The molecule has 0 fully saturated rings. The van der Waals surface area contributed by atoms with Gasteiger partial charge in [0.1, 0.15) is 0 Å². The Morgan fingerprint density at radius 2 is 2.06 bits per heavy atom. The maximum Gasteiger partial charge on any atom is 0.332 e. The van der Waals surface area contributed by atoms with Crippen molar-refractivity contribution >= 4 is 5.97 Å². The first-order valence-corrected chi connectivity index (χ1v) is 5.38. The van der Waals surface area contributed by atoms with Gasteiger partial charge in [-0.25, -0.2) is 4.79 Å². The van der Waals surface area contributed by atoms with E-state index in [4.69, 9.17) is 14.6 Å². The lowest BCUT2D eigenvalue weighted by molar-refractivity contribution is -0.146. The molecule has 1 aliphatic rings. The molecular weight excluding hydrogens is 224 g/mol. The van der Waals surface area contributed by atoms with E-state index in [1.165, 1.54) is 0 Å². The predicted octanol–water partition coefficient (Wildman–Crippen LogP) is 1.10. The molecule has 0 radical (unpaired) electrons. The van der Waals surface area contributed by atoms with Gasteiger partial charge in [-0.05, 0) is 43.0 Å². The van der Waals surface area contributed by atoms with Crippen molar-refractivity contribution in [3.63, 3.8) is 0 Å². The van der Waals surface area contributed by atoms with Gasteiger partial charge in [0.05, 0.1) is 0 Å². The van der Waals surface area contributed by atoms with Gasteiger partial charge in [0.25, 0.3) is 0 Å². The van der Waals surface area contributed by atoms with Crippen molar-refractivity contribution in [2.45, 2.75) is 25.9 Å². The van der Waals surface area contributed by atoms with Gasteiger partial charge in [0.2, 0.25) is 6.79 Å². The first-order chi connectivity index (χ1) is 8.08. The number of aliphatic hydroxyl groups is 1. The van der Waals surface area contributed by atoms with Crippen LogP contribution in [-0.2, 0) is 11.2 Å². The minimum Gasteiger partial charge on any atom is -0.479 e. The quantitative estimate of drug-likeness (QED) is 0.821. The van der Waals surface area contributed by atoms with Crippen LogP contribution in [0.3, 0.4) is 0 Å². The number of aliphatic carboxylic acids is 1. The first-order valence-electron chi connectivity index (χ1n) is 5.38. The fraction of sp³-hybridized carbons (Fsp3) is 0.417. The van der Waals surface area contributed by atoms with E-state index in [1.807, 2.05) is 19.1 Å². The first kappa shape index (κ1) is 11.7. The molecule has 0 saturated heterocycles. The third-order valence-corrected chi connectivity index (χ3v) is 2.80. The summed E-state index contributed by atoms with van der Waals surface area (Å²) >= 11 is 0. The Labute approximate surface area is 98.6 Å². The minimum atomic E-state index is -1.32. The number of aryl methyl sites for hydroxylation is 2. The minimum absolute atomic E-state index is 0.190. The molecule has 1 aliphatic heterocycles. The normalized spacial score (nSPS) is 14.7. The average molecular weight is 238 g/mol. The summed E-state index contributed by atoms with van der Waals surface area (Å²) in [6.45, 7) is 2.14. The van der Waals surface area contributed by atoms with Crippen LogP contribution in [0.1, 0.15) is 17.5 Å². The van der Waals surface area contributed by atoms with Gasteiger partial charge in [-0.2, -0.15) is 0 Å². The molecule has 0 aromatic heterocycles. The number of carbonyl (C=O) groups is 1. The Morgan fingerprint density at radius 3 is 2.71 bits per heavy atom. The van der Waals surface area contributed by atoms with Crippen LogP contribution in [0.15, 0.2) is 12.1 Å². The Hall–Kier alpha value is -1.75. The number of fused-ring (bicyclic) bond motifs is 1. The van der Waals surface area contributed by atoms with Gasteiger partial charge in [0, 0.05) is 0 Å². The molecule has 1 atom stereocenters. The van der Waals surface area contributed by atoms with Crippen molar-refractivity contribution in [3.8, 4) is 11.5 Å². The molecule has 0 spiro atoms. The number of hydrogen-bond donors (Lipinski definition) is 2. The number of benzene rings is 1. The molecule has 2 N–H and O–H groups in total. The maximum absolute atomic E-state index is 10.5. The van der Waals surface area contributed by atoms with Crippen molar-refractivity contribution in [2.75, 3.05) is 6.79 Å². The van der Waals surface area contributed by atoms with Crippen molar-refractivity contribution in [3.05, 3.63) is 23.3 Å². The van der Waals surface area contributed by atoms with Crippen molar-refractivity contribution in [1.29, 1.82) is 0 Å². The van der Waals surface area contributed by atoms with E-state index in [-0.39, 0.29) is 13.2 Å². The molecule has 0 saturated carbocycles. The lowest BCUT2D eigenvalue weighted by Crippen LogP contribution is -2.20. The largest absolute Gasteiger partial charge is 0.479 e. The van der Waals surface area contributed by atoms with Crippen LogP contribution in [0.4, 0.5) is 0 Å². The highest BCUT2D eigenvalue weighted by atomic mass is 16.7. The molecule has 0 bridgehead atoms. The predicted molar refractivity (Wildman–Crippen MR) is 59.3 cm³/mol. The van der Waals surface area contributed by atoms with E-state index in [2.05, 4.69) is 0 Å². The third-order valence-electron chi connectivity index (χ3n) is 2.80. The summed E-state index contributed by atoms with van der Waals surface area (Å²) in [5, 5.41) is 17.8. The van der Waals surface area contributed by atoms with Crippen LogP contribution in [0, 0.1) is 6.92 Å². The van der Waals surface area contributed by atoms with Crippen LogP contribution in [-0.4, -0.2) is 29.1 Å². The zero-order valence-electron chi connectivity index (χ0n) is 9.47. The van der Waals surface area contributed by atoms with Gasteiger partial charge in [0.15, 0.2) is 17.6 Å². The van der Waals surface area contributed by atoms with Crippen LogP contribution >= 0.6 is 0 Å². The standard InChI is InChI=1S/C12H14O5/c1-7-4-10-11(17-6-16-10)5-8(7)2-3-9(13)12(14)15/h4-5,9,13H,2-3,6H2,1H3,(H,14,15). The smallest absolute Gasteiger partial charge is 0.332 e.